The average molecular weight is 258 g/mol. The van der Waals surface area contributed by atoms with Crippen LogP contribution in [0.4, 0.5) is 8.78 Å². The maximum atomic E-state index is 12.9. The van der Waals surface area contributed by atoms with Gasteiger partial charge in [0, 0.05) is 12.3 Å². The van der Waals surface area contributed by atoms with Gasteiger partial charge in [-0.05, 0) is 6.42 Å². The zero-order chi connectivity index (χ0) is 12.8. The number of ether oxygens (including phenoxy) is 1. The first kappa shape index (κ1) is 15.6. The minimum absolute atomic E-state index is 0.137. The molecule has 1 fully saturated rings. The lowest BCUT2D eigenvalue weighted by Crippen LogP contribution is -2.48. The zero-order valence-electron chi connectivity index (χ0n) is 9.78. The molecule has 1 unspecified atom stereocenters. The largest absolute Gasteiger partial charge is 0.468 e. The molecule has 0 radical (unpaired) electrons. The van der Waals surface area contributed by atoms with Crippen molar-refractivity contribution in [1.82, 2.24) is 5.32 Å². The van der Waals surface area contributed by atoms with Crippen molar-refractivity contribution in [3.63, 3.8) is 0 Å². The molecule has 0 bridgehead atoms. The summed E-state index contributed by atoms with van der Waals surface area (Å²) in [6, 6.07) is 0. The number of halogens is 3. The number of esters is 1. The smallest absolute Gasteiger partial charge is 0.326 e. The zero-order valence-corrected chi connectivity index (χ0v) is 10.5. The molecular formula is C10H18ClF2NO2. The fourth-order valence-corrected chi connectivity index (χ4v) is 1.97. The Bertz CT molecular complexity index is 239. The molecule has 1 N–H and O–H groups in total. The van der Waals surface area contributed by atoms with Gasteiger partial charge >= 0.3 is 5.97 Å². The first-order valence-corrected chi connectivity index (χ1v) is 5.76. The van der Waals surface area contributed by atoms with Crippen LogP contribution in [0.25, 0.3) is 0 Å². The highest BCUT2D eigenvalue weighted by molar-refractivity contribution is 6.18. The normalized spacial score (nSPS) is 26.9. The van der Waals surface area contributed by atoms with Crippen molar-refractivity contribution in [1.29, 1.82) is 0 Å². The Balaban J connectivity index is 0.00000106. The third-order valence-electron chi connectivity index (χ3n) is 2.34. The van der Waals surface area contributed by atoms with E-state index in [1.54, 1.807) is 0 Å². The quantitative estimate of drug-likeness (QED) is 0.622. The van der Waals surface area contributed by atoms with E-state index in [9.17, 15) is 13.6 Å². The third kappa shape index (κ3) is 3.56. The van der Waals surface area contributed by atoms with Gasteiger partial charge in [-0.3, -0.25) is 10.1 Å². The Morgan fingerprint density at radius 3 is 2.38 bits per heavy atom. The minimum Gasteiger partial charge on any atom is -0.468 e. The number of nitrogens with one attached hydrogen (secondary N) is 1. The number of hydrogen-bond acceptors (Lipinski definition) is 3. The molecule has 0 aliphatic carbocycles. The standard InChI is InChI=1S/C8H12ClF2NO2.C2H6/c1-14-6(13)7(2-3-9)4-8(10,11)5-12-7;1-2/h12H,2-5H2,1H3;1-2H3. The van der Waals surface area contributed by atoms with Crippen LogP contribution in [-0.4, -0.2) is 37.0 Å². The first-order valence-electron chi connectivity index (χ1n) is 5.23. The van der Waals surface area contributed by atoms with E-state index in [0.717, 1.165) is 0 Å². The molecule has 1 aliphatic rings. The van der Waals surface area contributed by atoms with E-state index in [2.05, 4.69) is 10.1 Å². The topological polar surface area (TPSA) is 38.3 Å². The van der Waals surface area contributed by atoms with Crippen molar-refractivity contribution in [3.05, 3.63) is 0 Å². The molecule has 1 heterocycles. The maximum Gasteiger partial charge on any atom is 0.326 e. The van der Waals surface area contributed by atoms with E-state index in [0.29, 0.717) is 0 Å². The molecule has 0 aromatic carbocycles. The highest BCUT2D eigenvalue weighted by atomic mass is 35.5. The molecule has 3 nitrogen and oxygen atoms in total. The second-order valence-electron chi connectivity index (χ2n) is 3.40. The molecule has 0 amide bonds. The van der Waals surface area contributed by atoms with Crippen LogP contribution in [0, 0.1) is 0 Å². The van der Waals surface area contributed by atoms with Crippen molar-refractivity contribution >= 4 is 17.6 Å². The van der Waals surface area contributed by atoms with Gasteiger partial charge in [0.25, 0.3) is 5.92 Å². The van der Waals surface area contributed by atoms with Crippen LogP contribution in [0.2, 0.25) is 0 Å². The highest BCUT2D eigenvalue weighted by Gasteiger charge is 2.53. The van der Waals surface area contributed by atoms with Crippen LogP contribution in [0.15, 0.2) is 0 Å². The summed E-state index contributed by atoms with van der Waals surface area (Å²) in [4.78, 5) is 11.3. The lowest BCUT2D eigenvalue weighted by molar-refractivity contribution is -0.149. The van der Waals surface area contributed by atoms with Crippen LogP contribution in [0.5, 0.6) is 0 Å². The summed E-state index contributed by atoms with van der Waals surface area (Å²) in [5.74, 6) is -3.39. The maximum absolute atomic E-state index is 12.9. The summed E-state index contributed by atoms with van der Waals surface area (Å²) in [6.07, 6.45) is -0.393. The van der Waals surface area contributed by atoms with Gasteiger partial charge in [0.2, 0.25) is 0 Å². The fraction of sp³-hybridized carbons (Fsp3) is 0.900. The molecular weight excluding hydrogens is 240 g/mol. The van der Waals surface area contributed by atoms with Crippen LogP contribution in [-0.2, 0) is 9.53 Å². The Morgan fingerprint density at radius 1 is 1.50 bits per heavy atom. The third-order valence-corrected chi connectivity index (χ3v) is 2.53. The number of alkyl halides is 3. The van der Waals surface area contributed by atoms with Gasteiger partial charge in [-0.15, -0.1) is 11.6 Å². The molecule has 0 aromatic heterocycles. The summed E-state index contributed by atoms with van der Waals surface area (Å²) in [7, 11) is 1.18. The van der Waals surface area contributed by atoms with Gasteiger partial charge in [-0.2, -0.15) is 0 Å². The van der Waals surface area contributed by atoms with E-state index < -0.39 is 30.4 Å². The molecule has 1 saturated heterocycles. The van der Waals surface area contributed by atoms with Crippen molar-refractivity contribution in [2.45, 2.75) is 38.2 Å². The van der Waals surface area contributed by atoms with E-state index in [1.807, 2.05) is 13.8 Å². The van der Waals surface area contributed by atoms with E-state index in [1.165, 1.54) is 7.11 Å². The molecule has 0 spiro atoms. The molecule has 0 aromatic rings. The lowest BCUT2D eigenvalue weighted by Gasteiger charge is -2.24. The lowest BCUT2D eigenvalue weighted by atomic mass is 9.93. The van der Waals surface area contributed by atoms with Crippen LogP contribution in [0.3, 0.4) is 0 Å². The van der Waals surface area contributed by atoms with E-state index >= 15 is 0 Å². The number of hydrogen-bond donors (Lipinski definition) is 1. The minimum atomic E-state index is -2.86. The Hall–Kier alpha value is -0.420. The van der Waals surface area contributed by atoms with E-state index in [-0.39, 0.29) is 12.3 Å². The molecule has 0 saturated carbocycles. The fourth-order valence-electron chi connectivity index (χ4n) is 1.64. The van der Waals surface area contributed by atoms with Crippen molar-refractivity contribution in [2.24, 2.45) is 0 Å². The van der Waals surface area contributed by atoms with Crippen molar-refractivity contribution < 1.29 is 18.3 Å². The summed E-state index contributed by atoms with van der Waals surface area (Å²) in [5.41, 5.74) is -1.31. The van der Waals surface area contributed by atoms with Crippen LogP contribution in [0.1, 0.15) is 26.7 Å². The second-order valence-corrected chi connectivity index (χ2v) is 3.78. The Labute approximate surface area is 99.5 Å². The molecule has 1 aliphatic heterocycles. The predicted octanol–water partition coefficient (Wildman–Crippen LogP) is 2.18. The van der Waals surface area contributed by atoms with E-state index in [4.69, 9.17) is 11.6 Å². The summed E-state index contributed by atoms with van der Waals surface area (Å²) < 4.78 is 30.4. The van der Waals surface area contributed by atoms with Gasteiger partial charge in [0.05, 0.1) is 13.7 Å². The van der Waals surface area contributed by atoms with Gasteiger partial charge < -0.3 is 4.74 Å². The van der Waals surface area contributed by atoms with Gasteiger partial charge in [0.1, 0.15) is 5.54 Å². The molecule has 1 rings (SSSR count). The second kappa shape index (κ2) is 6.35. The van der Waals surface area contributed by atoms with Crippen molar-refractivity contribution in [3.8, 4) is 0 Å². The predicted molar refractivity (Wildman–Crippen MR) is 59.0 cm³/mol. The van der Waals surface area contributed by atoms with Crippen LogP contribution < -0.4 is 5.32 Å². The average Bonchev–Trinajstić information content (AvgIpc) is 2.58. The van der Waals surface area contributed by atoms with Gasteiger partial charge in [-0.1, -0.05) is 13.8 Å². The van der Waals surface area contributed by atoms with Crippen LogP contribution >= 0.6 is 11.6 Å². The number of rotatable bonds is 3. The summed E-state index contributed by atoms with van der Waals surface area (Å²) in [6.45, 7) is 3.50. The number of carbonyl (C=O) groups is 1. The summed E-state index contributed by atoms with van der Waals surface area (Å²) >= 11 is 5.47. The SMILES string of the molecule is CC.COC(=O)C1(CCCl)CC(F)(F)CN1. The molecule has 96 valence electrons. The Morgan fingerprint density at radius 2 is 2.06 bits per heavy atom. The van der Waals surface area contributed by atoms with Gasteiger partial charge in [0.15, 0.2) is 0 Å². The number of methoxy groups -OCH3 is 1. The van der Waals surface area contributed by atoms with Gasteiger partial charge in [-0.25, -0.2) is 8.78 Å². The molecule has 1 atom stereocenters. The highest BCUT2D eigenvalue weighted by Crippen LogP contribution is 2.35. The molecule has 6 heteroatoms. The first-order chi connectivity index (χ1) is 7.46. The monoisotopic (exact) mass is 257 g/mol. The summed E-state index contributed by atoms with van der Waals surface area (Å²) in [5, 5.41) is 2.50. The van der Waals surface area contributed by atoms with Crippen molar-refractivity contribution in [2.75, 3.05) is 19.5 Å². The number of carbonyl (C=O) groups excluding carboxylic acids is 1. The Kier molecular flexibility index (Phi) is 6.18. The molecule has 16 heavy (non-hydrogen) atoms.